The fourth-order valence-electron chi connectivity index (χ4n) is 1.82. The Morgan fingerprint density at radius 3 is 2.39 bits per heavy atom. The summed E-state index contributed by atoms with van der Waals surface area (Å²) in [6, 6.07) is 3.83. The van der Waals surface area contributed by atoms with E-state index < -0.39 is 11.7 Å². The molecule has 0 aliphatic carbocycles. The fraction of sp³-hybridized carbons (Fsp3) is 0.250. The molecule has 2 rings (SSSR count). The third kappa shape index (κ3) is 2.18. The molecule has 1 aromatic carbocycles. The first kappa shape index (κ1) is 12.5. The van der Waals surface area contributed by atoms with Crippen molar-refractivity contribution in [1.29, 1.82) is 0 Å². The SMILES string of the molecule is Cc1cn(-c2ccc(N)c(C(F)(F)F)c2)c(C)n1. The molecular weight excluding hydrogens is 243 g/mol. The molecule has 2 N–H and O–H groups in total. The summed E-state index contributed by atoms with van der Waals surface area (Å²) in [5.41, 5.74) is 5.39. The normalized spacial score (nSPS) is 11.8. The first-order valence-corrected chi connectivity index (χ1v) is 5.28. The highest BCUT2D eigenvalue weighted by Crippen LogP contribution is 2.34. The Kier molecular flexibility index (Phi) is 2.80. The maximum Gasteiger partial charge on any atom is 0.418 e. The average Bonchev–Trinajstić information content (AvgIpc) is 2.57. The van der Waals surface area contributed by atoms with Gasteiger partial charge in [-0.3, -0.25) is 0 Å². The van der Waals surface area contributed by atoms with E-state index in [0.29, 0.717) is 11.5 Å². The molecule has 6 heteroatoms. The van der Waals surface area contributed by atoms with Crippen LogP contribution in [-0.4, -0.2) is 9.55 Å². The summed E-state index contributed by atoms with van der Waals surface area (Å²) < 4.78 is 39.8. The summed E-state index contributed by atoms with van der Waals surface area (Å²) in [5, 5.41) is 0. The molecule has 0 bridgehead atoms. The third-order valence-electron chi connectivity index (χ3n) is 2.62. The van der Waals surface area contributed by atoms with E-state index in [1.54, 1.807) is 30.7 Å². The highest BCUT2D eigenvalue weighted by Gasteiger charge is 2.33. The molecule has 0 amide bonds. The largest absolute Gasteiger partial charge is 0.418 e. The molecular formula is C12H12F3N3. The number of aromatic nitrogens is 2. The summed E-state index contributed by atoms with van der Waals surface area (Å²) >= 11 is 0. The second kappa shape index (κ2) is 4.04. The van der Waals surface area contributed by atoms with Crippen LogP contribution in [0.15, 0.2) is 24.4 Å². The maximum absolute atomic E-state index is 12.7. The highest BCUT2D eigenvalue weighted by molar-refractivity contribution is 5.54. The van der Waals surface area contributed by atoms with Crippen LogP contribution in [0.4, 0.5) is 18.9 Å². The lowest BCUT2D eigenvalue weighted by Crippen LogP contribution is -2.10. The van der Waals surface area contributed by atoms with Crippen LogP contribution in [0.1, 0.15) is 17.1 Å². The molecule has 3 nitrogen and oxygen atoms in total. The number of benzene rings is 1. The third-order valence-corrected chi connectivity index (χ3v) is 2.62. The Bertz CT molecular complexity index is 585. The minimum Gasteiger partial charge on any atom is -0.398 e. The van der Waals surface area contributed by atoms with E-state index in [4.69, 9.17) is 5.73 Å². The Labute approximate surface area is 102 Å². The minimum absolute atomic E-state index is 0.277. The molecule has 96 valence electrons. The van der Waals surface area contributed by atoms with Crippen molar-refractivity contribution in [2.24, 2.45) is 0 Å². The average molecular weight is 255 g/mol. The van der Waals surface area contributed by atoms with Crippen molar-refractivity contribution in [2.45, 2.75) is 20.0 Å². The topological polar surface area (TPSA) is 43.8 Å². The molecule has 1 aromatic heterocycles. The van der Waals surface area contributed by atoms with Gasteiger partial charge in [0, 0.05) is 17.6 Å². The molecule has 0 atom stereocenters. The van der Waals surface area contributed by atoms with E-state index in [-0.39, 0.29) is 5.69 Å². The van der Waals surface area contributed by atoms with E-state index in [2.05, 4.69) is 4.98 Å². The van der Waals surface area contributed by atoms with Crippen molar-refractivity contribution in [3.63, 3.8) is 0 Å². The lowest BCUT2D eigenvalue weighted by atomic mass is 10.1. The van der Waals surface area contributed by atoms with Gasteiger partial charge in [-0.15, -0.1) is 0 Å². The van der Waals surface area contributed by atoms with Crippen molar-refractivity contribution >= 4 is 5.69 Å². The molecule has 0 radical (unpaired) electrons. The van der Waals surface area contributed by atoms with E-state index in [9.17, 15) is 13.2 Å². The molecule has 0 aliphatic heterocycles. The molecule has 0 aliphatic rings. The predicted octanol–water partition coefficient (Wildman–Crippen LogP) is 3.09. The van der Waals surface area contributed by atoms with Gasteiger partial charge in [0.05, 0.1) is 11.3 Å². The van der Waals surface area contributed by atoms with Gasteiger partial charge >= 0.3 is 6.18 Å². The molecule has 1 heterocycles. The number of nitrogen functional groups attached to an aromatic ring is 1. The van der Waals surface area contributed by atoms with E-state index in [1.807, 2.05) is 0 Å². The lowest BCUT2D eigenvalue weighted by molar-refractivity contribution is -0.136. The maximum atomic E-state index is 12.7. The van der Waals surface area contributed by atoms with Gasteiger partial charge in [0.25, 0.3) is 0 Å². The first-order valence-electron chi connectivity index (χ1n) is 5.28. The number of alkyl halides is 3. The van der Waals surface area contributed by atoms with Crippen LogP contribution in [0.2, 0.25) is 0 Å². The van der Waals surface area contributed by atoms with Crippen molar-refractivity contribution in [3.05, 3.63) is 41.5 Å². The minimum atomic E-state index is -4.45. The summed E-state index contributed by atoms with van der Waals surface area (Å²) in [7, 11) is 0. The smallest absolute Gasteiger partial charge is 0.398 e. The number of nitrogens with zero attached hydrogens (tertiary/aromatic N) is 2. The summed E-state index contributed by atoms with van der Waals surface area (Å²) in [6.45, 7) is 3.52. The van der Waals surface area contributed by atoms with Crippen LogP contribution in [-0.2, 0) is 6.18 Å². The number of anilines is 1. The number of halogens is 3. The number of imidazole rings is 1. The van der Waals surface area contributed by atoms with Crippen LogP contribution in [0.25, 0.3) is 5.69 Å². The van der Waals surface area contributed by atoms with E-state index >= 15 is 0 Å². The number of nitrogens with two attached hydrogens (primary N) is 1. The van der Waals surface area contributed by atoms with Gasteiger partial charge in [-0.05, 0) is 32.0 Å². The molecule has 2 aromatic rings. The Balaban J connectivity index is 2.57. The second-order valence-corrected chi connectivity index (χ2v) is 4.07. The van der Waals surface area contributed by atoms with Gasteiger partial charge in [-0.1, -0.05) is 0 Å². The van der Waals surface area contributed by atoms with Crippen molar-refractivity contribution in [1.82, 2.24) is 9.55 Å². The van der Waals surface area contributed by atoms with Gasteiger partial charge in [0.15, 0.2) is 0 Å². The summed E-state index contributed by atoms with van der Waals surface area (Å²) in [6.07, 6.45) is -2.77. The molecule has 18 heavy (non-hydrogen) atoms. The van der Waals surface area contributed by atoms with Crippen molar-refractivity contribution < 1.29 is 13.2 Å². The van der Waals surface area contributed by atoms with E-state index in [1.165, 1.54) is 6.07 Å². The van der Waals surface area contributed by atoms with Crippen LogP contribution in [0.3, 0.4) is 0 Å². The molecule has 0 fully saturated rings. The second-order valence-electron chi connectivity index (χ2n) is 4.07. The van der Waals surface area contributed by atoms with Crippen LogP contribution in [0, 0.1) is 13.8 Å². The summed E-state index contributed by atoms with van der Waals surface area (Å²) in [5.74, 6) is 0.630. The van der Waals surface area contributed by atoms with Gasteiger partial charge in [0.2, 0.25) is 0 Å². The van der Waals surface area contributed by atoms with Gasteiger partial charge < -0.3 is 10.3 Å². The Morgan fingerprint density at radius 1 is 1.22 bits per heavy atom. The molecule has 0 saturated carbocycles. The summed E-state index contributed by atoms with van der Waals surface area (Å²) in [4.78, 5) is 4.15. The number of hydrogen-bond acceptors (Lipinski definition) is 2. The highest BCUT2D eigenvalue weighted by atomic mass is 19.4. The molecule has 0 spiro atoms. The quantitative estimate of drug-likeness (QED) is 0.796. The zero-order valence-electron chi connectivity index (χ0n) is 9.92. The standard InChI is InChI=1S/C12H12F3N3/c1-7-6-18(8(2)17-7)9-3-4-11(16)10(5-9)12(13,14)15/h3-6H,16H2,1-2H3. The number of aryl methyl sites for hydroxylation is 2. The van der Waals surface area contributed by atoms with E-state index in [0.717, 1.165) is 11.8 Å². The monoisotopic (exact) mass is 255 g/mol. The van der Waals surface area contributed by atoms with Gasteiger partial charge in [-0.2, -0.15) is 13.2 Å². The zero-order chi connectivity index (χ0) is 13.5. The Morgan fingerprint density at radius 2 is 1.89 bits per heavy atom. The van der Waals surface area contributed by atoms with Crippen LogP contribution in [0.5, 0.6) is 0 Å². The Hall–Kier alpha value is -1.98. The van der Waals surface area contributed by atoms with Crippen LogP contribution >= 0.6 is 0 Å². The van der Waals surface area contributed by atoms with Gasteiger partial charge in [0.1, 0.15) is 5.82 Å². The number of rotatable bonds is 1. The fourth-order valence-corrected chi connectivity index (χ4v) is 1.82. The van der Waals surface area contributed by atoms with Crippen LogP contribution < -0.4 is 5.73 Å². The number of hydrogen-bond donors (Lipinski definition) is 1. The lowest BCUT2D eigenvalue weighted by Gasteiger charge is -2.12. The molecule has 0 unspecified atom stereocenters. The van der Waals surface area contributed by atoms with Crippen molar-refractivity contribution in [2.75, 3.05) is 5.73 Å². The molecule has 0 saturated heterocycles. The van der Waals surface area contributed by atoms with Gasteiger partial charge in [-0.25, -0.2) is 4.98 Å². The predicted molar refractivity (Wildman–Crippen MR) is 62.5 cm³/mol. The first-order chi connectivity index (χ1) is 8.29. The zero-order valence-corrected chi connectivity index (χ0v) is 9.92. The van der Waals surface area contributed by atoms with Crippen molar-refractivity contribution in [3.8, 4) is 5.69 Å².